The highest BCUT2D eigenvalue weighted by Crippen LogP contribution is 2.30. The SMILES string of the molecule is O=C(O)[C@@H]1CN(C(=O)c2[nH]c3ccc(Cl)cc3c2Cl)CCO1. The van der Waals surface area contributed by atoms with Gasteiger partial charge in [-0.1, -0.05) is 23.2 Å². The molecule has 8 heteroatoms. The van der Waals surface area contributed by atoms with Crippen molar-refractivity contribution in [2.75, 3.05) is 19.7 Å². The molecule has 1 aliphatic heterocycles. The first kappa shape index (κ1) is 15.1. The van der Waals surface area contributed by atoms with Crippen molar-refractivity contribution < 1.29 is 19.4 Å². The maximum absolute atomic E-state index is 12.6. The number of nitrogens with one attached hydrogen (secondary N) is 1. The van der Waals surface area contributed by atoms with Crippen LogP contribution >= 0.6 is 23.2 Å². The van der Waals surface area contributed by atoms with Gasteiger partial charge in [0.15, 0.2) is 6.10 Å². The number of benzene rings is 1. The standard InChI is InChI=1S/C14H12Cl2N2O4/c15-7-1-2-9-8(5-7)11(16)12(17-9)13(19)18-3-4-22-10(6-18)14(20)21/h1-2,5,10,17H,3-4,6H2,(H,20,21)/t10-/m0/s1. The van der Waals surface area contributed by atoms with Crippen molar-refractivity contribution in [1.82, 2.24) is 9.88 Å². The summed E-state index contributed by atoms with van der Waals surface area (Å²) in [5.74, 6) is -1.45. The Kier molecular flexibility index (Phi) is 3.99. The number of carbonyl (C=O) groups is 2. The van der Waals surface area contributed by atoms with E-state index in [0.29, 0.717) is 22.5 Å². The molecule has 1 atom stereocenters. The number of morpholine rings is 1. The van der Waals surface area contributed by atoms with E-state index in [0.717, 1.165) is 0 Å². The Bertz CT molecular complexity index is 759. The average molecular weight is 343 g/mol. The molecule has 1 fully saturated rings. The fraction of sp³-hybridized carbons (Fsp3) is 0.286. The first-order chi connectivity index (χ1) is 10.5. The number of aromatic nitrogens is 1. The van der Waals surface area contributed by atoms with Gasteiger partial charge >= 0.3 is 5.97 Å². The predicted molar refractivity (Wildman–Crippen MR) is 81.6 cm³/mol. The van der Waals surface area contributed by atoms with Gasteiger partial charge < -0.3 is 19.7 Å². The van der Waals surface area contributed by atoms with Gasteiger partial charge in [-0.2, -0.15) is 0 Å². The highest BCUT2D eigenvalue weighted by molar-refractivity contribution is 6.39. The van der Waals surface area contributed by atoms with E-state index >= 15 is 0 Å². The average Bonchev–Trinajstić information content (AvgIpc) is 2.83. The monoisotopic (exact) mass is 342 g/mol. The summed E-state index contributed by atoms with van der Waals surface area (Å²) < 4.78 is 5.11. The summed E-state index contributed by atoms with van der Waals surface area (Å²) in [4.78, 5) is 27.9. The molecule has 116 valence electrons. The van der Waals surface area contributed by atoms with Gasteiger partial charge in [-0.3, -0.25) is 4.79 Å². The molecular weight excluding hydrogens is 331 g/mol. The van der Waals surface area contributed by atoms with Gasteiger partial charge in [-0.15, -0.1) is 0 Å². The van der Waals surface area contributed by atoms with Gasteiger partial charge in [0.2, 0.25) is 0 Å². The zero-order chi connectivity index (χ0) is 15.9. The number of rotatable bonds is 2. The molecule has 0 unspecified atom stereocenters. The van der Waals surface area contributed by atoms with Gasteiger partial charge in [0.05, 0.1) is 18.2 Å². The van der Waals surface area contributed by atoms with Crippen molar-refractivity contribution >= 4 is 46.0 Å². The number of halogens is 2. The lowest BCUT2D eigenvalue weighted by Gasteiger charge is -2.30. The Morgan fingerprint density at radius 1 is 1.36 bits per heavy atom. The van der Waals surface area contributed by atoms with Gasteiger partial charge in [0.1, 0.15) is 5.69 Å². The molecule has 1 amide bonds. The van der Waals surface area contributed by atoms with Crippen molar-refractivity contribution in [1.29, 1.82) is 0 Å². The predicted octanol–water partition coefficient (Wildman–Crippen LogP) is 2.40. The first-order valence-electron chi connectivity index (χ1n) is 6.58. The van der Waals surface area contributed by atoms with E-state index < -0.39 is 12.1 Å². The molecule has 22 heavy (non-hydrogen) atoms. The Balaban J connectivity index is 1.92. The van der Waals surface area contributed by atoms with E-state index in [4.69, 9.17) is 33.0 Å². The Labute approximate surface area is 135 Å². The molecule has 2 N–H and O–H groups in total. The summed E-state index contributed by atoms with van der Waals surface area (Å²) >= 11 is 12.2. The summed E-state index contributed by atoms with van der Waals surface area (Å²) in [5.41, 5.74) is 0.922. The van der Waals surface area contributed by atoms with Crippen molar-refractivity contribution in [2.24, 2.45) is 0 Å². The highest BCUT2D eigenvalue weighted by atomic mass is 35.5. The number of carboxylic acids is 1. The lowest BCUT2D eigenvalue weighted by Crippen LogP contribution is -2.48. The van der Waals surface area contributed by atoms with E-state index in [-0.39, 0.29) is 29.8 Å². The van der Waals surface area contributed by atoms with Crippen molar-refractivity contribution in [3.05, 3.63) is 33.9 Å². The van der Waals surface area contributed by atoms with Crippen molar-refractivity contribution in [3.63, 3.8) is 0 Å². The number of carbonyl (C=O) groups excluding carboxylic acids is 1. The quantitative estimate of drug-likeness (QED) is 0.877. The van der Waals surface area contributed by atoms with Gasteiger partial charge in [0, 0.05) is 22.5 Å². The lowest BCUT2D eigenvalue weighted by atomic mass is 10.2. The molecule has 1 saturated heterocycles. The minimum atomic E-state index is -1.09. The summed E-state index contributed by atoms with van der Waals surface area (Å²) in [7, 11) is 0. The second-order valence-corrected chi connectivity index (χ2v) is 5.77. The molecule has 0 saturated carbocycles. The number of hydrogen-bond donors (Lipinski definition) is 2. The zero-order valence-corrected chi connectivity index (χ0v) is 12.8. The highest BCUT2D eigenvalue weighted by Gasteiger charge is 2.31. The van der Waals surface area contributed by atoms with E-state index in [1.54, 1.807) is 18.2 Å². The minimum absolute atomic E-state index is 0.0133. The zero-order valence-electron chi connectivity index (χ0n) is 11.3. The Morgan fingerprint density at radius 2 is 2.14 bits per heavy atom. The number of aliphatic carboxylic acids is 1. The molecule has 0 spiro atoms. The molecule has 2 aromatic rings. The third-order valence-electron chi connectivity index (χ3n) is 3.54. The van der Waals surface area contributed by atoms with E-state index in [1.165, 1.54) is 4.90 Å². The summed E-state index contributed by atoms with van der Waals surface area (Å²) in [5, 5.41) is 10.4. The largest absolute Gasteiger partial charge is 0.479 e. The van der Waals surface area contributed by atoms with E-state index in [2.05, 4.69) is 4.98 Å². The Hall–Kier alpha value is -1.76. The van der Waals surface area contributed by atoms with Crippen LogP contribution in [-0.2, 0) is 9.53 Å². The van der Waals surface area contributed by atoms with Gasteiger partial charge in [-0.25, -0.2) is 4.79 Å². The van der Waals surface area contributed by atoms with Crippen LogP contribution < -0.4 is 0 Å². The first-order valence-corrected chi connectivity index (χ1v) is 7.33. The van der Waals surface area contributed by atoms with Crippen LogP contribution in [0.2, 0.25) is 10.0 Å². The lowest BCUT2D eigenvalue weighted by molar-refractivity contribution is -0.154. The van der Waals surface area contributed by atoms with Crippen LogP contribution in [0.1, 0.15) is 10.5 Å². The number of aromatic amines is 1. The summed E-state index contributed by atoms with van der Waals surface area (Å²) in [6, 6.07) is 5.10. The summed E-state index contributed by atoms with van der Waals surface area (Å²) in [6.07, 6.45) is -1.02. The smallest absolute Gasteiger partial charge is 0.334 e. The molecule has 0 radical (unpaired) electrons. The molecular formula is C14H12Cl2N2O4. The van der Waals surface area contributed by atoms with Crippen LogP contribution in [0, 0.1) is 0 Å². The number of carboxylic acid groups (broad SMARTS) is 1. The van der Waals surface area contributed by atoms with Gasteiger partial charge in [-0.05, 0) is 18.2 Å². The number of amides is 1. The molecule has 6 nitrogen and oxygen atoms in total. The van der Waals surface area contributed by atoms with Gasteiger partial charge in [0.25, 0.3) is 5.91 Å². The molecule has 1 aromatic carbocycles. The number of H-pyrrole nitrogens is 1. The second-order valence-electron chi connectivity index (χ2n) is 4.95. The second kappa shape index (κ2) is 5.79. The fourth-order valence-corrected chi connectivity index (χ4v) is 2.88. The fourth-order valence-electron chi connectivity index (χ4n) is 2.42. The number of ether oxygens (including phenoxy) is 1. The van der Waals surface area contributed by atoms with E-state index in [9.17, 15) is 9.59 Å². The number of fused-ring (bicyclic) bond motifs is 1. The maximum atomic E-state index is 12.6. The molecule has 0 bridgehead atoms. The molecule has 3 rings (SSSR count). The molecule has 0 aliphatic carbocycles. The molecule has 1 aromatic heterocycles. The normalized spacial score (nSPS) is 18.6. The van der Waals surface area contributed by atoms with Crippen LogP contribution in [0.25, 0.3) is 10.9 Å². The van der Waals surface area contributed by atoms with E-state index in [1.807, 2.05) is 0 Å². The molecule has 2 heterocycles. The maximum Gasteiger partial charge on any atom is 0.334 e. The topological polar surface area (TPSA) is 82.6 Å². The van der Waals surface area contributed by atoms with Crippen molar-refractivity contribution in [2.45, 2.75) is 6.10 Å². The van der Waals surface area contributed by atoms with Crippen LogP contribution in [0.5, 0.6) is 0 Å². The van der Waals surface area contributed by atoms with Crippen LogP contribution in [0.3, 0.4) is 0 Å². The number of hydrogen-bond acceptors (Lipinski definition) is 3. The number of nitrogens with zero attached hydrogens (tertiary/aromatic N) is 1. The third kappa shape index (κ3) is 2.65. The molecule has 1 aliphatic rings. The Morgan fingerprint density at radius 3 is 2.86 bits per heavy atom. The van der Waals surface area contributed by atoms with Crippen LogP contribution in [0.4, 0.5) is 0 Å². The minimum Gasteiger partial charge on any atom is -0.479 e. The summed E-state index contributed by atoms with van der Waals surface area (Å²) in [6.45, 7) is 0.474. The van der Waals surface area contributed by atoms with Crippen LogP contribution in [-0.4, -0.2) is 52.7 Å². The van der Waals surface area contributed by atoms with Crippen LogP contribution in [0.15, 0.2) is 18.2 Å². The van der Waals surface area contributed by atoms with Crippen molar-refractivity contribution in [3.8, 4) is 0 Å². The third-order valence-corrected chi connectivity index (χ3v) is 4.17.